The number of imidazole rings is 1. The van der Waals surface area contributed by atoms with Crippen LogP contribution < -0.4 is 5.73 Å². The van der Waals surface area contributed by atoms with Crippen LogP contribution in [0.15, 0.2) is 6.33 Å². The summed E-state index contributed by atoms with van der Waals surface area (Å²) in [6, 6.07) is 0. The molecule has 0 aliphatic heterocycles. The monoisotopic (exact) mass is 263 g/mol. The fraction of sp³-hybridized carbons (Fsp3) is 0.800. The highest BCUT2D eigenvalue weighted by Crippen LogP contribution is 2.37. The maximum absolute atomic E-state index is 10.5. The molecule has 3 N–H and O–H groups in total. The van der Waals surface area contributed by atoms with Crippen LogP contribution in [0.2, 0.25) is 0 Å². The van der Waals surface area contributed by atoms with E-state index in [1.54, 1.807) is 0 Å². The van der Waals surface area contributed by atoms with Crippen LogP contribution in [0.5, 0.6) is 0 Å². The SMILES string of the molecule is NCC1(O)CCCC1CCn1cnc2c1CCCC2. The first-order chi connectivity index (χ1) is 9.23. The lowest BCUT2D eigenvalue weighted by molar-refractivity contribution is 0.00652. The molecule has 0 radical (unpaired) electrons. The van der Waals surface area contributed by atoms with Crippen molar-refractivity contribution < 1.29 is 5.11 Å². The molecule has 2 aliphatic rings. The normalized spacial score (nSPS) is 30.5. The highest BCUT2D eigenvalue weighted by atomic mass is 16.3. The molecule has 2 atom stereocenters. The summed E-state index contributed by atoms with van der Waals surface area (Å²) in [5.74, 6) is 0.360. The van der Waals surface area contributed by atoms with Crippen molar-refractivity contribution in [3.63, 3.8) is 0 Å². The molecule has 19 heavy (non-hydrogen) atoms. The minimum atomic E-state index is -0.610. The summed E-state index contributed by atoms with van der Waals surface area (Å²) in [7, 11) is 0. The summed E-state index contributed by atoms with van der Waals surface area (Å²) in [5.41, 5.74) is 7.87. The molecule has 1 heterocycles. The van der Waals surface area contributed by atoms with Gasteiger partial charge in [-0.05, 0) is 50.9 Å². The van der Waals surface area contributed by atoms with Crippen molar-refractivity contribution in [3.8, 4) is 0 Å². The average molecular weight is 263 g/mol. The molecule has 0 bridgehead atoms. The summed E-state index contributed by atoms with van der Waals surface area (Å²) < 4.78 is 2.31. The molecule has 2 unspecified atom stereocenters. The zero-order valence-corrected chi connectivity index (χ0v) is 11.6. The van der Waals surface area contributed by atoms with Crippen molar-refractivity contribution in [1.29, 1.82) is 0 Å². The average Bonchev–Trinajstić information content (AvgIpc) is 3.01. The van der Waals surface area contributed by atoms with Gasteiger partial charge in [0.15, 0.2) is 0 Å². The van der Waals surface area contributed by atoms with Crippen molar-refractivity contribution in [2.75, 3.05) is 6.54 Å². The molecule has 4 heteroatoms. The van der Waals surface area contributed by atoms with Crippen LogP contribution >= 0.6 is 0 Å². The van der Waals surface area contributed by atoms with E-state index in [1.807, 2.05) is 6.33 Å². The van der Waals surface area contributed by atoms with Crippen molar-refractivity contribution in [3.05, 3.63) is 17.7 Å². The number of nitrogens with zero attached hydrogens (tertiary/aromatic N) is 2. The summed E-state index contributed by atoms with van der Waals surface area (Å²) in [6.07, 6.45) is 11.0. The molecule has 106 valence electrons. The van der Waals surface area contributed by atoms with Crippen molar-refractivity contribution in [2.24, 2.45) is 11.7 Å². The smallest absolute Gasteiger partial charge is 0.0951 e. The van der Waals surface area contributed by atoms with Crippen LogP contribution in [0.25, 0.3) is 0 Å². The lowest BCUT2D eigenvalue weighted by atomic mass is 9.88. The van der Waals surface area contributed by atoms with E-state index >= 15 is 0 Å². The molecule has 0 saturated heterocycles. The zero-order chi connectivity index (χ0) is 13.3. The Kier molecular flexibility index (Phi) is 3.63. The standard InChI is InChI=1S/C15H25N3O/c16-10-15(19)8-3-4-12(15)7-9-18-11-17-13-5-1-2-6-14(13)18/h11-12,19H,1-10,16H2. The molecule has 0 aromatic carbocycles. The minimum absolute atomic E-state index is 0.360. The van der Waals surface area contributed by atoms with E-state index in [0.717, 1.165) is 38.6 Å². The molecular formula is C15H25N3O. The fourth-order valence-electron chi connectivity index (χ4n) is 3.83. The third-order valence-electron chi connectivity index (χ3n) is 5.10. The number of hydrogen-bond donors (Lipinski definition) is 2. The van der Waals surface area contributed by atoms with E-state index in [9.17, 15) is 5.11 Å². The molecule has 0 amide bonds. The first kappa shape index (κ1) is 13.1. The van der Waals surface area contributed by atoms with Gasteiger partial charge in [0.05, 0.1) is 17.6 Å². The Morgan fingerprint density at radius 1 is 1.37 bits per heavy atom. The van der Waals surface area contributed by atoms with Crippen LogP contribution in [0.3, 0.4) is 0 Å². The summed E-state index contributed by atoms with van der Waals surface area (Å²) in [4.78, 5) is 4.53. The van der Waals surface area contributed by atoms with Crippen LogP contribution in [-0.2, 0) is 19.4 Å². The van der Waals surface area contributed by atoms with Crippen molar-refractivity contribution >= 4 is 0 Å². The van der Waals surface area contributed by atoms with Crippen LogP contribution in [-0.4, -0.2) is 26.8 Å². The highest BCUT2D eigenvalue weighted by molar-refractivity contribution is 5.16. The Labute approximate surface area is 115 Å². The van der Waals surface area contributed by atoms with Gasteiger partial charge in [0.1, 0.15) is 0 Å². The molecule has 4 nitrogen and oxygen atoms in total. The number of rotatable bonds is 4. The van der Waals surface area contributed by atoms with E-state index in [4.69, 9.17) is 5.73 Å². The Bertz CT molecular complexity index is 443. The van der Waals surface area contributed by atoms with E-state index in [1.165, 1.54) is 30.7 Å². The van der Waals surface area contributed by atoms with E-state index in [0.29, 0.717) is 12.5 Å². The van der Waals surface area contributed by atoms with E-state index in [2.05, 4.69) is 9.55 Å². The molecule has 1 aromatic heterocycles. The van der Waals surface area contributed by atoms with E-state index < -0.39 is 5.60 Å². The van der Waals surface area contributed by atoms with Gasteiger partial charge in [0, 0.05) is 18.8 Å². The second-order valence-corrected chi connectivity index (χ2v) is 6.22. The molecular weight excluding hydrogens is 238 g/mol. The van der Waals surface area contributed by atoms with Gasteiger partial charge >= 0.3 is 0 Å². The Hall–Kier alpha value is -0.870. The summed E-state index contributed by atoms with van der Waals surface area (Å²) in [5, 5.41) is 10.5. The quantitative estimate of drug-likeness (QED) is 0.868. The number of hydrogen-bond acceptors (Lipinski definition) is 3. The third kappa shape index (κ3) is 2.43. The molecule has 0 spiro atoms. The Morgan fingerprint density at radius 3 is 3.05 bits per heavy atom. The lowest BCUT2D eigenvalue weighted by Gasteiger charge is -2.29. The van der Waals surface area contributed by atoms with E-state index in [-0.39, 0.29) is 0 Å². The topological polar surface area (TPSA) is 64.1 Å². The van der Waals surface area contributed by atoms with Gasteiger partial charge in [-0.25, -0.2) is 4.98 Å². The number of aromatic nitrogens is 2. The largest absolute Gasteiger partial charge is 0.388 e. The molecule has 2 aliphatic carbocycles. The maximum Gasteiger partial charge on any atom is 0.0951 e. The highest BCUT2D eigenvalue weighted by Gasteiger charge is 2.39. The van der Waals surface area contributed by atoms with Gasteiger partial charge in [0.25, 0.3) is 0 Å². The second kappa shape index (κ2) is 5.25. The summed E-state index contributed by atoms with van der Waals surface area (Å²) in [6.45, 7) is 1.38. The fourth-order valence-corrected chi connectivity index (χ4v) is 3.83. The van der Waals surface area contributed by atoms with Crippen LogP contribution in [0, 0.1) is 5.92 Å². The van der Waals surface area contributed by atoms with Gasteiger partial charge in [-0.1, -0.05) is 6.42 Å². The molecule has 1 aromatic rings. The number of fused-ring (bicyclic) bond motifs is 1. The maximum atomic E-state index is 10.5. The predicted molar refractivity (Wildman–Crippen MR) is 74.8 cm³/mol. The predicted octanol–water partition coefficient (Wildman–Crippen LogP) is 1.64. The van der Waals surface area contributed by atoms with Crippen molar-refractivity contribution in [2.45, 2.75) is 63.5 Å². The van der Waals surface area contributed by atoms with Gasteiger partial charge in [-0.2, -0.15) is 0 Å². The minimum Gasteiger partial charge on any atom is -0.388 e. The summed E-state index contributed by atoms with van der Waals surface area (Å²) >= 11 is 0. The number of aryl methyl sites for hydroxylation is 2. The number of nitrogens with two attached hydrogens (primary N) is 1. The molecule has 3 rings (SSSR count). The van der Waals surface area contributed by atoms with Crippen LogP contribution in [0.4, 0.5) is 0 Å². The van der Waals surface area contributed by atoms with Gasteiger partial charge in [0.2, 0.25) is 0 Å². The molecule has 1 fully saturated rings. The lowest BCUT2D eigenvalue weighted by Crippen LogP contribution is -2.41. The number of aliphatic hydroxyl groups is 1. The second-order valence-electron chi connectivity index (χ2n) is 6.22. The first-order valence-electron chi connectivity index (χ1n) is 7.68. The third-order valence-corrected chi connectivity index (χ3v) is 5.10. The Morgan fingerprint density at radius 2 is 2.21 bits per heavy atom. The van der Waals surface area contributed by atoms with Crippen LogP contribution in [0.1, 0.15) is 49.9 Å². The van der Waals surface area contributed by atoms with Gasteiger partial charge in [-0.3, -0.25) is 0 Å². The molecule has 1 saturated carbocycles. The first-order valence-corrected chi connectivity index (χ1v) is 7.68. The van der Waals surface area contributed by atoms with Gasteiger partial charge < -0.3 is 15.4 Å². The Balaban J connectivity index is 1.65. The zero-order valence-electron chi connectivity index (χ0n) is 11.6. The van der Waals surface area contributed by atoms with Gasteiger partial charge in [-0.15, -0.1) is 0 Å². The van der Waals surface area contributed by atoms with Crippen molar-refractivity contribution in [1.82, 2.24) is 9.55 Å².